The molecular weight excluding hydrogens is 348 g/mol. The molecule has 1 amide bonds. The summed E-state index contributed by atoms with van der Waals surface area (Å²) in [4.78, 5) is 12.2. The number of nitrogens with zero attached hydrogens (tertiary/aromatic N) is 1. The molecule has 0 saturated carbocycles. The Morgan fingerprint density at radius 2 is 1.64 bits per heavy atom. The smallest absolute Gasteiger partial charge is 0.271 e. The van der Waals surface area contributed by atoms with Crippen molar-refractivity contribution in [2.24, 2.45) is 5.10 Å². The first-order valence-corrected chi connectivity index (χ1v) is 9.32. The third kappa shape index (κ3) is 5.55. The predicted octanol–water partition coefficient (Wildman–Crippen LogP) is 5.15. The Kier molecular flexibility index (Phi) is 6.58. The van der Waals surface area contributed by atoms with Crippen LogP contribution >= 0.6 is 0 Å². The maximum absolute atomic E-state index is 12.2. The number of hydrogen-bond acceptors (Lipinski definition) is 3. The molecule has 3 aromatic rings. The molecule has 142 valence electrons. The number of benzene rings is 3. The van der Waals surface area contributed by atoms with Gasteiger partial charge in [-0.1, -0.05) is 68.4 Å². The highest BCUT2D eigenvalue weighted by atomic mass is 16.5. The first kappa shape index (κ1) is 19.4. The van der Waals surface area contributed by atoms with Gasteiger partial charge in [-0.2, -0.15) is 5.10 Å². The van der Waals surface area contributed by atoms with Crippen LogP contribution < -0.4 is 10.2 Å². The fourth-order valence-corrected chi connectivity index (χ4v) is 2.64. The van der Waals surface area contributed by atoms with Crippen LogP contribution in [0.15, 0.2) is 84.0 Å². The van der Waals surface area contributed by atoms with Gasteiger partial charge in [0.05, 0.1) is 6.21 Å². The van der Waals surface area contributed by atoms with Crippen molar-refractivity contribution < 1.29 is 9.53 Å². The Labute approximate surface area is 165 Å². The molecule has 0 heterocycles. The zero-order valence-electron chi connectivity index (χ0n) is 16.1. The van der Waals surface area contributed by atoms with E-state index in [0.717, 1.165) is 11.1 Å². The number of ether oxygens (including phenoxy) is 1. The zero-order chi connectivity index (χ0) is 19.8. The van der Waals surface area contributed by atoms with Gasteiger partial charge in [0.1, 0.15) is 12.4 Å². The van der Waals surface area contributed by atoms with Crippen LogP contribution in [0.4, 0.5) is 0 Å². The zero-order valence-corrected chi connectivity index (χ0v) is 16.1. The number of rotatable bonds is 7. The summed E-state index contributed by atoms with van der Waals surface area (Å²) in [6, 6.07) is 25.1. The van der Waals surface area contributed by atoms with Crippen LogP contribution in [-0.2, 0) is 6.61 Å². The maximum Gasteiger partial charge on any atom is 0.271 e. The van der Waals surface area contributed by atoms with E-state index in [-0.39, 0.29) is 5.91 Å². The molecule has 0 aromatic heterocycles. The third-order valence-corrected chi connectivity index (χ3v) is 4.35. The number of nitrogens with one attached hydrogen (secondary N) is 1. The van der Waals surface area contributed by atoms with Gasteiger partial charge in [0.15, 0.2) is 0 Å². The van der Waals surface area contributed by atoms with Crippen molar-refractivity contribution >= 4 is 12.1 Å². The Bertz CT molecular complexity index is 915. The van der Waals surface area contributed by atoms with Crippen LogP contribution in [0.1, 0.15) is 46.8 Å². The summed E-state index contributed by atoms with van der Waals surface area (Å²) >= 11 is 0. The minimum Gasteiger partial charge on any atom is -0.489 e. The molecule has 1 N–H and O–H groups in total. The van der Waals surface area contributed by atoms with E-state index in [4.69, 9.17) is 4.74 Å². The average Bonchev–Trinajstić information content (AvgIpc) is 2.73. The SMILES string of the molecule is CC(C)c1ccc(/C=N/NC(=O)c2ccc(OCc3ccccc3)cc2)cc1. The van der Waals surface area contributed by atoms with E-state index in [0.29, 0.717) is 23.8 Å². The van der Waals surface area contributed by atoms with E-state index >= 15 is 0 Å². The van der Waals surface area contributed by atoms with E-state index < -0.39 is 0 Å². The highest BCUT2D eigenvalue weighted by molar-refractivity contribution is 5.95. The van der Waals surface area contributed by atoms with E-state index in [1.807, 2.05) is 42.5 Å². The minimum absolute atomic E-state index is 0.260. The lowest BCUT2D eigenvalue weighted by molar-refractivity contribution is 0.0955. The first-order valence-electron chi connectivity index (χ1n) is 9.32. The van der Waals surface area contributed by atoms with Gasteiger partial charge >= 0.3 is 0 Å². The van der Waals surface area contributed by atoms with Gasteiger partial charge in [-0.05, 0) is 46.9 Å². The first-order chi connectivity index (χ1) is 13.6. The lowest BCUT2D eigenvalue weighted by Crippen LogP contribution is -2.17. The lowest BCUT2D eigenvalue weighted by atomic mass is 10.0. The van der Waals surface area contributed by atoms with Crippen molar-refractivity contribution in [2.45, 2.75) is 26.4 Å². The van der Waals surface area contributed by atoms with Gasteiger partial charge in [0.2, 0.25) is 0 Å². The number of hydrogen-bond donors (Lipinski definition) is 1. The minimum atomic E-state index is -0.260. The van der Waals surface area contributed by atoms with Crippen molar-refractivity contribution in [3.05, 3.63) is 101 Å². The van der Waals surface area contributed by atoms with Crippen LogP contribution in [0.3, 0.4) is 0 Å². The Morgan fingerprint density at radius 1 is 0.964 bits per heavy atom. The molecule has 0 saturated heterocycles. The number of hydrazone groups is 1. The summed E-state index contributed by atoms with van der Waals surface area (Å²) in [7, 11) is 0. The summed E-state index contributed by atoms with van der Waals surface area (Å²) in [6.07, 6.45) is 1.64. The molecule has 0 aliphatic carbocycles. The summed E-state index contributed by atoms with van der Waals surface area (Å²) in [6.45, 7) is 4.80. The normalized spacial score (nSPS) is 11.0. The van der Waals surface area contributed by atoms with Crippen molar-refractivity contribution in [1.29, 1.82) is 0 Å². The Balaban J connectivity index is 1.51. The maximum atomic E-state index is 12.2. The molecule has 0 fully saturated rings. The summed E-state index contributed by atoms with van der Waals surface area (Å²) in [5.74, 6) is 0.948. The van der Waals surface area contributed by atoms with Crippen LogP contribution in [-0.4, -0.2) is 12.1 Å². The number of carbonyl (C=O) groups is 1. The average molecular weight is 372 g/mol. The highest BCUT2D eigenvalue weighted by Gasteiger charge is 2.05. The monoisotopic (exact) mass is 372 g/mol. The van der Waals surface area contributed by atoms with Crippen LogP contribution in [0.2, 0.25) is 0 Å². The standard InChI is InChI=1S/C24H24N2O2/c1-18(2)21-10-8-19(9-11-21)16-25-26-24(27)22-12-14-23(15-13-22)28-17-20-6-4-3-5-7-20/h3-16,18H,17H2,1-2H3,(H,26,27)/b25-16+. The summed E-state index contributed by atoms with van der Waals surface area (Å²) in [5.41, 5.74) is 6.39. The predicted molar refractivity (Wildman–Crippen MR) is 113 cm³/mol. The second kappa shape index (κ2) is 9.51. The molecule has 3 aromatic carbocycles. The molecule has 0 unspecified atom stereocenters. The molecule has 4 heteroatoms. The number of carbonyl (C=O) groups excluding carboxylic acids is 1. The van der Waals surface area contributed by atoms with Crippen LogP contribution in [0.5, 0.6) is 5.75 Å². The van der Waals surface area contributed by atoms with Gasteiger partial charge in [0.25, 0.3) is 5.91 Å². The van der Waals surface area contributed by atoms with Gasteiger partial charge in [-0.3, -0.25) is 4.79 Å². The molecule has 3 rings (SSSR count). The van der Waals surface area contributed by atoms with Gasteiger partial charge in [-0.25, -0.2) is 5.43 Å². The molecule has 0 radical (unpaired) electrons. The molecular formula is C24H24N2O2. The fourth-order valence-electron chi connectivity index (χ4n) is 2.64. The third-order valence-electron chi connectivity index (χ3n) is 4.35. The molecule has 0 atom stereocenters. The summed E-state index contributed by atoms with van der Waals surface area (Å²) in [5, 5.41) is 4.04. The molecule has 0 aliphatic heterocycles. The molecule has 0 spiro atoms. The Hall–Kier alpha value is -3.40. The largest absolute Gasteiger partial charge is 0.489 e. The molecule has 4 nitrogen and oxygen atoms in total. The lowest BCUT2D eigenvalue weighted by Gasteiger charge is -2.07. The van der Waals surface area contributed by atoms with Crippen molar-refractivity contribution in [3.8, 4) is 5.75 Å². The van der Waals surface area contributed by atoms with Crippen LogP contribution in [0.25, 0.3) is 0 Å². The Morgan fingerprint density at radius 3 is 2.29 bits per heavy atom. The van der Waals surface area contributed by atoms with Gasteiger partial charge < -0.3 is 4.74 Å². The second-order valence-electron chi connectivity index (χ2n) is 6.82. The van der Waals surface area contributed by atoms with E-state index in [1.165, 1.54) is 5.56 Å². The topological polar surface area (TPSA) is 50.7 Å². The second-order valence-corrected chi connectivity index (χ2v) is 6.82. The van der Waals surface area contributed by atoms with Crippen molar-refractivity contribution in [2.75, 3.05) is 0 Å². The van der Waals surface area contributed by atoms with Crippen molar-refractivity contribution in [3.63, 3.8) is 0 Å². The molecule has 28 heavy (non-hydrogen) atoms. The summed E-state index contributed by atoms with van der Waals surface area (Å²) < 4.78 is 5.73. The number of amides is 1. The van der Waals surface area contributed by atoms with E-state index in [2.05, 4.69) is 36.5 Å². The van der Waals surface area contributed by atoms with E-state index in [9.17, 15) is 4.79 Å². The molecule has 0 aliphatic rings. The van der Waals surface area contributed by atoms with Gasteiger partial charge in [-0.15, -0.1) is 0 Å². The van der Waals surface area contributed by atoms with E-state index in [1.54, 1.807) is 30.5 Å². The van der Waals surface area contributed by atoms with Gasteiger partial charge in [0, 0.05) is 5.56 Å². The quantitative estimate of drug-likeness (QED) is 0.460. The highest BCUT2D eigenvalue weighted by Crippen LogP contribution is 2.15. The molecule has 0 bridgehead atoms. The van der Waals surface area contributed by atoms with Crippen molar-refractivity contribution in [1.82, 2.24) is 5.43 Å². The van der Waals surface area contributed by atoms with Crippen LogP contribution in [0, 0.1) is 0 Å². The fraction of sp³-hybridized carbons (Fsp3) is 0.167.